The number of halogens is 2. The van der Waals surface area contributed by atoms with E-state index in [2.05, 4.69) is 10.3 Å². The van der Waals surface area contributed by atoms with Crippen molar-refractivity contribution in [2.24, 2.45) is 0 Å². The van der Waals surface area contributed by atoms with E-state index in [1.807, 2.05) is 0 Å². The molecule has 0 bridgehead atoms. The fraction of sp³-hybridized carbons (Fsp3) is 0.353. The molecule has 0 spiro atoms. The summed E-state index contributed by atoms with van der Waals surface area (Å²) in [6, 6.07) is 6.44. The zero-order chi connectivity index (χ0) is 18.0. The molecular formula is C17H19F2N3O2S. The van der Waals surface area contributed by atoms with Crippen LogP contribution in [0.4, 0.5) is 14.6 Å². The van der Waals surface area contributed by atoms with Crippen molar-refractivity contribution in [3.8, 4) is 0 Å². The second kappa shape index (κ2) is 7.05. The second-order valence-electron chi connectivity index (χ2n) is 6.03. The molecule has 1 aliphatic heterocycles. The highest BCUT2D eigenvalue weighted by Crippen LogP contribution is 2.23. The maximum atomic E-state index is 13.3. The van der Waals surface area contributed by atoms with Gasteiger partial charge in [0.15, 0.2) is 11.6 Å². The van der Waals surface area contributed by atoms with Crippen molar-refractivity contribution < 1.29 is 17.2 Å². The lowest BCUT2D eigenvalue weighted by Crippen LogP contribution is -2.27. The summed E-state index contributed by atoms with van der Waals surface area (Å²) in [5, 5.41) is 3.04. The average molecular weight is 367 g/mol. The van der Waals surface area contributed by atoms with Crippen LogP contribution in [-0.4, -0.2) is 30.8 Å². The summed E-state index contributed by atoms with van der Waals surface area (Å²) in [6.07, 6.45) is 3.06. The zero-order valence-corrected chi connectivity index (χ0v) is 14.6. The maximum Gasteiger partial charge on any atom is 0.244 e. The Morgan fingerprint density at radius 3 is 2.44 bits per heavy atom. The van der Waals surface area contributed by atoms with E-state index in [0.717, 1.165) is 25.0 Å². The van der Waals surface area contributed by atoms with E-state index >= 15 is 0 Å². The molecule has 2 heterocycles. The van der Waals surface area contributed by atoms with Gasteiger partial charge in [-0.25, -0.2) is 22.2 Å². The van der Waals surface area contributed by atoms with Crippen molar-refractivity contribution in [2.75, 3.05) is 18.4 Å². The van der Waals surface area contributed by atoms with Crippen LogP contribution in [0.25, 0.3) is 0 Å². The molecule has 1 saturated heterocycles. The number of rotatable bonds is 5. The predicted octanol–water partition coefficient (Wildman–Crippen LogP) is 3.32. The Balaban J connectivity index is 1.73. The summed E-state index contributed by atoms with van der Waals surface area (Å²) < 4.78 is 52.7. The van der Waals surface area contributed by atoms with E-state index in [-0.39, 0.29) is 10.9 Å². The number of benzene rings is 1. The number of anilines is 1. The minimum atomic E-state index is -3.49. The highest BCUT2D eigenvalue weighted by atomic mass is 32.2. The molecule has 3 rings (SSSR count). The SMILES string of the molecule is CC(Nc1ccc(S(=O)(=O)N2CCCC2)cn1)c1ccc(F)c(F)c1. The number of nitrogens with zero attached hydrogens (tertiary/aromatic N) is 2. The number of hydrogen-bond donors (Lipinski definition) is 1. The van der Waals surface area contributed by atoms with E-state index in [4.69, 9.17) is 0 Å². The fourth-order valence-corrected chi connectivity index (χ4v) is 4.25. The van der Waals surface area contributed by atoms with Gasteiger partial charge < -0.3 is 5.32 Å². The molecular weight excluding hydrogens is 348 g/mol. The normalized spacial score (nSPS) is 16.8. The van der Waals surface area contributed by atoms with Gasteiger partial charge in [0.25, 0.3) is 0 Å². The number of pyridine rings is 1. The van der Waals surface area contributed by atoms with Crippen LogP contribution in [0.1, 0.15) is 31.4 Å². The van der Waals surface area contributed by atoms with Crippen LogP contribution in [-0.2, 0) is 10.0 Å². The van der Waals surface area contributed by atoms with Gasteiger partial charge in [0, 0.05) is 19.3 Å². The second-order valence-corrected chi connectivity index (χ2v) is 7.97. The van der Waals surface area contributed by atoms with Gasteiger partial charge in [-0.05, 0) is 49.6 Å². The molecule has 1 aromatic heterocycles. The van der Waals surface area contributed by atoms with Gasteiger partial charge in [-0.15, -0.1) is 0 Å². The third-order valence-electron chi connectivity index (χ3n) is 4.25. The first-order valence-corrected chi connectivity index (χ1v) is 9.49. The topological polar surface area (TPSA) is 62.3 Å². The third-order valence-corrected chi connectivity index (χ3v) is 6.13. The first kappa shape index (κ1) is 17.8. The lowest BCUT2D eigenvalue weighted by Gasteiger charge is -2.17. The minimum Gasteiger partial charge on any atom is -0.364 e. The summed E-state index contributed by atoms with van der Waals surface area (Å²) in [6.45, 7) is 2.86. The van der Waals surface area contributed by atoms with Crippen molar-refractivity contribution in [1.82, 2.24) is 9.29 Å². The zero-order valence-electron chi connectivity index (χ0n) is 13.7. The number of hydrogen-bond acceptors (Lipinski definition) is 4. The molecule has 1 aliphatic rings. The van der Waals surface area contributed by atoms with Crippen molar-refractivity contribution in [3.05, 3.63) is 53.7 Å². The van der Waals surface area contributed by atoms with Gasteiger partial charge in [-0.2, -0.15) is 4.31 Å². The Labute approximate surface area is 145 Å². The molecule has 0 saturated carbocycles. The quantitative estimate of drug-likeness (QED) is 0.881. The van der Waals surface area contributed by atoms with Crippen LogP contribution in [0, 0.1) is 11.6 Å². The predicted molar refractivity (Wildman–Crippen MR) is 90.6 cm³/mol. The third kappa shape index (κ3) is 3.80. The largest absolute Gasteiger partial charge is 0.364 e. The van der Waals surface area contributed by atoms with Gasteiger partial charge in [0.1, 0.15) is 10.7 Å². The molecule has 25 heavy (non-hydrogen) atoms. The standard InChI is InChI=1S/C17H19F2N3O2S/c1-12(13-4-6-15(18)16(19)10-13)21-17-7-5-14(11-20-17)25(23,24)22-8-2-3-9-22/h4-7,10-12H,2-3,8-9H2,1H3,(H,20,21). The highest BCUT2D eigenvalue weighted by Gasteiger charge is 2.27. The van der Waals surface area contributed by atoms with Crippen LogP contribution < -0.4 is 5.32 Å². The van der Waals surface area contributed by atoms with Crippen LogP contribution in [0.2, 0.25) is 0 Å². The maximum absolute atomic E-state index is 13.3. The summed E-state index contributed by atoms with van der Waals surface area (Å²) in [5.41, 5.74) is 0.564. The van der Waals surface area contributed by atoms with Crippen molar-refractivity contribution in [1.29, 1.82) is 0 Å². The van der Waals surface area contributed by atoms with Gasteiger partial charge in [-0.1, -0.05) is 6.07 Å². The van der Waals surface area contributed by atoms with Gasteiger partial charge in [0.2, 0.25) is 10.0 Å². The van der Waals surface area contributed by atoms with Crippen LogP contribution in [0.15, 0.2) is 41.4 Å². The Bertz CT molecular complexity index is 851. The fourth-order valence-electron chi connectivity index (χ4n) is 2.78. The smallest absolute Gasteiger partial charge is 0.244 e. The van der Waals surface area contributed by atoms with Gasteiger partial charge in [0.05, 0.1) is 6.04 Å². The molecule has 1 N–H and O–H groups in total. The monoisotopic (exact) mass is 367 g/mol. The number of nitrogens with one attached hydrogen (secondary N) is 1. The molecule has 0 radical (unpaired) electrons. The van der Waals surface area contributed by atoms with E-state index in [9.17, 15) is 17.2 Å². The first-order chi connectivity index (χ1) is 11.9. The highest BCUT2D eigenvalue weighted by molar-refractivity contribution is 7.89. The van der Waals surface area contributed by atoms with E-state index in [1.165, 1.54) is 22.6 Å². The summed E-state index contributed by atoms with van der Waals surface area (Å²) in [4.78, 5) is 4.29. The molecule has 1 unspecified atom stereocenters. The van der Waals surface area contributed by atoms with Crippen LogP contribution in [0.5, 0.6) is 0 Å². The van der Waals surface area contributed by atoms with E-state index in [1.54, 1.807) is 13.0 Å². The molecule has 8 heteroatoms. The Kier molecular flexibility index (Phi) is 5.01. The molecule has 1 fully saturated rings. The molecule has 1 aromatic carbocycles. The van der Waals surface area contributed by atoms with Gasteiger partial charge >= 0.3 is 0 Å². The van der Waals surface area contributed by atoms with Crippen molar-refractivity contribution >= 4 is 15.8 Å². The van der Waals surface area contributed by atoms with Crippen molar-refractivity contribution in [3.63, 3.8) is 0 Å². The lowest BCUT2D eigenvalue weighted by atomic mass is 10.1. The average Bonchev–Trinajstić information content (AvgIpc) is 3.13. The Morgan fingerprint density at radius 1 is 1.12 bits per heavy atom. The van der Waals surface area contributed by atoms with Crippen LogP contribution in [0.3, 0.4) is 0 Å². The lowest BCUT2D eigenvalue weighted by molar-refractivity contribution is 0.477. The minimum absolute atomic E-state index is 0.153. The molecule has 0 aliphatic carbocycles. The van der Waals surface area contributed by atoms with Crippen molar-refractivity contribution in [2.45, 2.75) is 30.7 Å². The number of sulfonamides is 1. The number of aromatic nitrogens is 1. The molecule has 5 nitrogen and oxygen atoms in total. The molecule has 2 aromatic rings. The Morgan fingerprint density at radius 2 is 1.84 bits per heavy atom. The Hall–Kier alpha value is -2.06. The van der Waals surface area contributed by atoms with Crippen LogP contribution >= 0.6 is 0 Å². The summed E-state index contributed by atoms with van der Waals surface area (Å²) >= 11 is 0. The van der Waals surface area contributed by atoms with E-state index < -0.39 is 21.7 Å². The summed E-state index contributed by atoms with van der Waals surface area (Å²) in [7, 11) is -3.49. The molecule has 134 valence electrons. The van der Waals surface area contributed by atoms with Gasteiger partial charge in [-0.3, -0.25) is 0 Å². The first-order valence-electron chi connectivity index (χ1n) is 8.05. The molecule has 0 amide bonds. The molecule has 1 atom stereocenters. The van der Waals surface area contributed by atoms with E-state index in [0.29, 0.717) is 24.5 Å². The summed E-state index contributed by atoms with van der Waals surface area (Å²) in [5.74, 6) is -1.35.